The van der Waals surface area contributed by atoms with E-state index in [1.807, 2.05) is 0 Å². The highest BCUT2D eigenvalue weighted by Gasteiger charge is 2.00. The minimum absolute atomic E-state index is 0.113. The first-order valence-corrected chi connectivity index (χ1v) is 2.25. The molecule has 0 radical (unpaired) electrons. The molecule has 0 amide bonds. The van der Waals surface area contributed by atoms with Gasteiger partial charge in [-0.2, -0.15) is 4.39 Å². The first-order valence-electron chi connectivity index (χ1n) is 2.25. The van der Waals surface area contributed by atoms with Gasteiger partial charge in [0, 0.05) is 12.4 Å². The predicted octanol–water partition coefficient (Wildman–Crippen LogP) is 0.586. The first kappa shape index (κ1) is 5.81. The molecule has 4 heteroatoms. The van der Waals surface area contributed by atoms with Crippen molar-refractivity contribution in [2.75, 3.05) is 0 Å². The highest BCUT2D eigenvalue weighted by Crippen LogP contribution is 1.93. The van der Waals surface area contributed by atoms with Crippen molar-refractivity contribution >= 4 is 6.04 Å². The minimum atomic E-state index is -1.50. The molecule has 0 saturated carbocycles. The van der Waals surface area contributed by atoms with Crippen molar-refractivity contribution in [2.24, 2.45) is 0 Å². The van der Waals surface area contributed by atoms with Gasteiger partial charge in [0.2, 0.25) is 0 Å². The zero-order chi connectivity index (χ0) is 6.69. The second-order valence-electron chi connectivity index (χ2n) is 1.40. The molecule has 3 nitrogen and oxygen atoms in total. The average Bonchev–Trinajstić information content (AvgIpc) is 1.90. The molecule has 46 valence electrons. The number of nitrogens with zero attached hydrogens (tertiary/aromatic N) is 2. The largest absolute Gasteiger partial charge is 0.335 e. The van der Waals surface area contributed by atoms with Crippen LogP contribution < -0.4 is 0 Å². The summed E-state index contributed by atoms with van der Waals surface area (Å²) in [6.45, 7) is 0. The van der Waals surface area contributed by atoms with Crippen LogP contribution in [0.15, 0.2) is 18.7 Å². The lowest BCUT2D eigenvalue weighted by molar-refractivity contribution is 0.0835. The van der Waals surface area contributed by atoms with E-state index in [2.05, 4.69) is 9.97 Å². The Bertz CT molecular complexity index is 211. The zero-order valence-electron chi connectivity index (χ0n) is 4.41. The normalized spacial score (nSPS) is 9.00. The lowest BCUT2D eigenvalue weighted by Gasteiger charge is -1.84. The van der Waals surface area contributed by atoms with Gasteiger partial charge in [-0.1, -0.05) is 0 Å². The summed E-state index contributed by atoms with van der Waals surface area (Å²) >= 11 is 0. The summed E-state index contributed by atoms with van der Waals surface area (Å²) < 4.78 is 11.7. The van der Waals surface area contributed by atoms with Crippen LogP contribution in [-0.4, -0.2) is 16.0 Å². The summed E-state index contributed by atoms with van der Waals surface area (Å²) in [5.41, 5.74) is -0.113. The molecule has 1 rings (SSSR count). The van der Waals surface area contributed by atoms with E-state index in [1.165, 1.54) is 6.33 Å². The molecule has 1 heterocycles. The average molecular weight is 126 g/mol. The molecule has 0 unspecified atom stereocenters. The van der Waals surface area contributed by atoms with Gasteiger partial charge in [-0.25, -0.2) is 9.97 Å². The van der Waals surface area contributed by atoms with Gasteiger partial charge < -0.3 is 0 Å². The van der Waals surface area contributed by atoms with Crippen LogP contribution in [0.4, 0.5) is 4.39 Å². The topological polar surface area (TPSA) is 42.9 Å². The molecule has 0 aromatic carbocycles. The van der Waals surface area contributed by atoms with Crippen molar-refractivity contribution in [3.05, 3.63) is 24.3 Å². The van der Waals surface area contributed by atoms with Gasteiger partial charge in [-0.05, 0) is 0 Å². The maximum absolute atomic E-state index is 11.7. The Labute approximate surface area is 50.6 Å². The third-order valence-electron chi connectivity index (χ3n) is 0.788. The molecule has 0 saturated heterocycles. The summed E-state index contributed by atoms with van der Waals surface area (Å²) in [4.78, 5) is 16.8. The number of carbonyl (C=O) groups excluding carboxylic acids is 1. The Balaban J connectivity index is 2.98. The molecule has 0 atom stereocenters. The van der Waals surface area contributed by atoms with Gasteiger partial charge >= 0.3 is 6.04 Å². The summed E-state index contributed by atoms with van der Waals surface area (Å²) in [5.74, 6) is 0. The molecule has 0 spiro atoms. The van der Waals surface area contributed by atoms with Gasteiger partial charge in [-0.15, -0.1) is 0 Å². The third-order valence-corrected chi connectivity index (χ3v) is 0.788. The second kappa shape index (κ2) is 2.30. The number of hydrogen-bond acceptors (Lipinski definition) is 3. The van der Waals surface area contributed by atoms with Crippen LogP contribution in [0.2, 0.25) is 0 Å². The van der Waals surface area contributed by atoms with E-state index >= 15 is 0 Å². The molecule has 1 aromatic rings. The first-order chi connectivity index (χ1) is 4.30. The number of halogens is 1. The van der Waals surface area contributed by atoms with Crippen LogP contribution in [0.5, 0.6) is 0 Å². The Morgan fingerprint density at radius 2 is 2.00 bits per heavy atom. The van der Waals surface area contributed by atoms with Gasteiger partial charge in [0.05, 0.1) is 5.56 Å². The summed E-state index contributed by atoms with van der Waals surface area (Å²) in [6.07, 6.45) is 3.47. The number of hydrogen-bond donors (Lipinski definition) is 0. The van der Waals surface area contributed by atoms with E-state index < -0.39 is 6.04 Å². The molecule has 1 aromatic heterocycles. The number of rotatable bonds is 1. The summed E-state index contributed by atoms with van der Waals surface area (Å²) in [6, 6.07) is -1.50. The van der Waals surface area contributed by atoms with Gasteiger partial charge in [0.15, 0.2) is 0 Å². The predicted molar refractivity (Wildman–Crippen MR) is 27.5 cm³/mol. The van der Waals surface area contributed by atoms with Crippen molar-refractivity contribution in [3.8, 4) is 0 Å². The molecule has 0 aliphatic rings. The standard InChI is InChI=1S/C5H3FN2O/c6-5(9)4-1-7-3-8-2-4/h1-3H. The zero-order valence-corrected chi connectivity index (χ0v) is 4.41. The van der Waals surface area contributed by atoms with Crippen LogP contribution >= 0.6 is 0 Å². The van der Waals surface area contributed by atoms with E-state index in [0.717, 1.165) is 12.4 Å². The number of aromatic nitrogens is 2. The van der Waals surface area contributed by atoms with Crippen LogP contribution in [0.3, 0.4) is 0 Å². The Hall–Kier alpha value is -1.32. The van der Waals surface area contributed by atoms with E-state index in [0.29, 0.717) is 0 Å². The fraction of sp³-hybridized carbons (Fsp3) is 0. The van der Waals surface area contributed by atoms with Gasteiger partial charge in [0.25, 0.3) is 0 Å². The maximum Gasteiger partial charge on any atom is 0.335 e. The molecule has 0 fully saturated rings. The summed E-state index contributed by atoms with van der Waals surface area (Å²) in [7, 11) is 0. The summed E-state index contributed by atoms with van der Waals surface area (Å²) in [5, 5.41) is 0. The fourth-order valence-electron chi connectivity index (χ4n) is 0.401. The van der Waals surface area contributed by atoms with Crippen molar-refractivity contribution < 1.29 is 9.18 Å². The van der Waals surface area contributed by atoms with Crippen molar-refractivity contribution in [1.29, 1.82) is 0 Å². The van der Waals surface area contributed by atoms with Gasteiger partial charge in [0.1, 0.15) is 6.33 Å². The second-order valence-corrected chi connectivity index (χ2v) is 1.40. The third kappa shape index (κ3) is 1.28. The molecule has 0 bridgehead atoms. The maximum atomic E-state index is 11.7. The highest BCUT2D eigenvalue weighted by atomic mass is 19.1. The quantitative estimate of drug-likeness (QED) is 0.517. The van der Waals surface area contributed by atoms with Gasteiger partial charge in [-0.3, -0.25) is 4.79 Å². The van der Waals surface area contributed by atoms with E-state index in [4.69, 9.17) is 0 Å². The van der Waals surface area contributed by atoms with Crippen LogP contribution in [0.25, 0.3) is 0 Å². The Morgan fingerprint density at radius 3 is 2.33 bits per heavy atom. The minimum Gasteiger partial charge on any atom is -0.255 e. The Morgan fingerprint density at radius 1 is 1.44 bits per heavy atom. The van der Waals surface area contributed by atoms with Crippen LogP contribution in [-0.2, 0) is 0 Å². The molecule has 0 aliphatic heterocycles. The lowest BCUT2D eigenvalue weighted by Crippen LogP contribution is -1.90. The van der Waals surface area contributed by atoms with E-state index in [-0.39, 0.29) is 5.56 Å². The lowest BCUT2D eigenvalue weighted by atomic mass is 10.4. The van der Waals surface area contributed by atoms with Crippen molar-refractivity contribution in [1.82, 2.24) is 9.97 Å². The van der Waals surface area contributed by atoms with E-state index in [1.54, 1.807) is 0 Å². The monoisotopic (exact) mass is 126 g/mol. The highest BCUT2D eigenvalue weighted by molar-refractivity contribution is 5.87. The van der Waals surface area contributed by atoms with Crippen LogP contribution in [0.1, 0.15) is 10.4 Å². The molecular formula is C5H3FN2O. The Kier molecular flexibility index (Phi) is 1.48. The fourth-order valence-corrected chi connectivity index (χ4v) is 0.401. The molecular weight excluding hydrogens is 123 g/mol. The number of carbonyl (C=O) groups is 1. The molecule has 9 heavy (non-hydrogen) atoms. The van der Waals surface area contributed by atoms with E-state index in [9.17, 15) is 9.18 Å². The van der Waals surface area contributed by atoms with Crippen molar-refractivity contribution in [2.45, 2.75) is 0 Å². The van der Waals surface area contributed by atoms with Crippen molar-refractivity contribution in [3.63, 3.8) is 0 Å². The van der Waals surface area contributed by atoms with Crippen LogP contribution in [0, 0.1) is 0 Å². The molecule has 0 aliphatic carbocycles. The molecule has 0 N–H and O–H groups in total. The smallest absolute Gasteiger partial charge is 0.255 e. The SMILES string of the molecule is O=C(F)c1cncnc1.